The Bertz CT molecular complexity index is 898. The molecule has 7 heteroatoms. The molecule has 1 aliphatic rings. The smallest absolute Gasteiger partial charge is 0.165 e. The van der Waals surface area contributed by atoms with Crippen LogP contribution in [0.5, 0.6) is 0 Å². The SMILES string of the molecule is C[C@@H](O)[C@@H](CO)n1cnc2c(N(C)C3Cc4ccccc4C3)ncnc21. The number of aromatic nitrogens is 4. The largest absolute Gasteiger partial charge is 0.394 e. The molecule has 2 atom stereocenters. The number of hydrogen-bond acceptors (Lipinski definition) is 6. The summed E-state index contributed by atoms with van der Waals surface area (Å²) in [5, 5.41) is 19.5. The third kappa shape index (κ3) is 2.73. The van der Waals surface area contributed by atoms with Gasteiger partial charge in [0.1, 0.15) is 6.33 Å². The summed E-state index contributed by atoms with van der Waals surface area (Å²) in [5.74, 6) is 0.772. The summed E-state index contributed by atoms with van der Waals surface area (Å²) in [7, 11) is 2.04. The normalized spacial score (nSPS) is 16.6. The fraction of sp³-hybridized carbons (Fsp3) is 0.421. The van der Waals surface area contributed by atoms with Crippen LogP contribution >= 0.6 is 0 Å². The van der Waals surface area contributed by atoms with Gasteiger partial charge in [0.15, 0.2) is 17.0 Å². The highest BCUT2D eigenvalue weighted by Gasteiger charge is 2.28. The third-order valence-electron chi connectivity index (χ3n) is 5.35. The van der Waals surface area contributed by atoms with Crippen LogP contribution in [-0.4, -0.2) is 55.5 Å². The van der Waals surface area contributed by atoms with Gasteiger partial charge in [0, 0.05) is 13.1 Å². The van der Waals surface area contributed by atoms with E-state index in [0.29, 0.717) is 17.2 Å². The van der Waals surface area contributed by atoms with E-state index in [2.05, 4.69) is 44.1 Å². The first-order chi connectivity index (χ1) is 12.6. The van der Waals surface area contributed by atoms with Crippen LogP contribution in [0.1, 0.15) is 24.1 Å². The lowest BCUT2D eigenvalue weighted by atomic mass is 10.1. The van der Waals surface area contributed by atoms with Crippen molar-refractivity contribution in [2.45, 2.75) is 38.0 Å². The summed E-state index contributed by atoms with van der Waals surface area (Å²) in [6, 6.07) is 8.36. The number of likely N-dealkylation sites (N-methyl/N-ethyl adjacent to an activating group) is 1. The molecule has 7 nitrogen and oxygen atoms in total. The van der Waals surface area contributed by atoms with Crippen molar-refractivity contribution in [1.29, 1.82) is 0 Å². The molecular formula is C19H23N5O2. The van der Waals surface area contributed by atoms with Crippen LogP contribution in [0.2, 0.25) is 0 Å². The van der Waals surface area contributed by atoms with Gasteiger partial charge in [-0.3, -0.25) is 0 Å². The molecule has 2 heterocycles. The van der Waals surface area contributed by atoms with Gasteiger partial charge in [-0.25, -0.2) is 15.0 Å². The molecule has 4 rings (SSSR count). The van der Waals surface area contributed by atoms with E-state index in [-0.39, 0.29) is 6.61 Å². The molecule has 1 aromatic carbocycles. The van der Waals surface area contributed by atoms with E-state index in [1.54, 1.807) is 17.8 Å². The van der Waals surface area contributed by atoms with Crippen LogP contribution in [0.15, 0.2) is 36.9 Å². The standard InChI is InChI=1S/C19H23N5O2/c1-12(26)16(9-25)24-11-22-17-18(20-10-21-19(17)24)23(2)15-7-13-5-3-4-6-14(13)8-15/h3-6,10-12,15-16,25-26H,7-9H2,1-2H3/t12-,16-/m1/s1. The number of nitrogens with zero attached hydrogens (tertiary/aromatic N) is 5. The predicted molar refractivity (Wildman–Crippen MR) is 99.2 cm³/mol. The minimum absolute atomic E-state index is 0.184. The highest BCUT2D eigenvalue weighted by Crippen LogP contribution is 2.30. The lowest BCUT2D eigenvalue weighted by molar-refractivity contribution is 0.0885. The molecule has 3 aromatic rings. The van der Waals surface area contributed by atoms with Crippen LogP contribution in [-0.2, 0) is 12.8 Å². The first kappa shape index (κ1) is 16.9. The van der Waals surface area contributed by atoms with Gasteiger partial charge >= 0.3 is 0 Å². The Morgan fingerprint density at radius 1 is 1.19 bits per heavy atom. The number of fused-ring (bicyclic) bond motifs is 2. The van der Waals surface area contributed by atoms with Gasteiger partial charge in [-0.05, 0) is 30.9 Å². The summed E-state index contributed by atoms with van der Waals surface area (Å²) in [6.45, 7) is 1.47. The molecule has 2 N–H and O–H groups in total. The van der Waals surface area contributed by atoms with Crippen molar-refractivity contribution in [1.82, 2.24) is 19.5 Å². The second-order valence-electron chi connectivity index (χ2n) is 6.95. The van der Waals surface area contributed by atoms with Crippen LogP contribution in [0.25, 0.3) is 11.2 Å². The Kier molecular flexibility index (Phi) is 4.34. The second kappa shape index (κ2) is 6.66. The topological polar surface area (TPSA) is 87.3 Å². The van der Waals surface area contributed by atoms with Crippen LogP contribution in [0, 0.1) is 0 Å². The Hall–Kier alpha value is -2.51. The van der Waals surface area contributed by atoms with Crippen molar-refractivity contribution in [3.05, 3.63) is 48.0 Å². The average molecular weight is 353 g/mol. The molecule has 0 saturated heterocycles. The van der Waals surface area contributed by atoms with E-state index >= 15 is 0 Å². The average Bonchev–Trinajstić information content (AvgIpc) is 3.26. The van der Waals surface area contributed by atoms with Crippen molar-refractivity contribution in [3.8, 4) is 0 Å². The Balaban J connectivity index is 1.68. The van der Waals surface area contributed by atoms with Gasteiger partial charge in [0.2, 0.25) is 0 Å². The van der Waals surface area contributed by atoms with E-state index in [1.165, 1.54) is 17.5 Å². The zero-order valence-corrected chi connectivity index (χ0v) is 14.9. The molecule has 0 saturated carbocycles. The van der Waals surface area contributed by atoms with Gasteiger partial charge in [-0.2, -0.15) is 0 Å². The molecule has 1 aliphatic carbocycles. The van der Waals surface area contributed by atoms with E-state index in [4.69, 9.17) is 0 Å². The molecule has 0 aliphatic heterocycles. The van der Waals surface area contributed by atoms with Crippen LogP contribution in [0.4, 0.5) is 5.82 Å². The van der Waals surface area contributed by atoms with Crippen molar-refractivity contribution >= 4 is 17.0 Å². The number of anilines is 1. The molecule has 0 fully saturated rings. The lowest BCUT2D eigenvalue weighted by Crippen LogP contribution is -2.33. The van der Waals surface area contributed by atoms with Crippen LogP contribution in [0.3, 0.4) is 0 Å². The molecule has 0 unspecified atom stereocenters. The van der Waals surface area contributed by atoms with Gasteiger partial charge in [-0.1, -0.05) is 24.3 Å². The monoisotopic (exact) mass is 353 g/mol. The van der Waals surface area contributed by atoms with Gasteiger partial charge in [0.05, 0.1) is 25.1 Å². The number of benzene rings is 1. The van der Waals surface area contributed by atoms with Crippen molar-refractivity contribution in [3.63, 3.8) is 0 Å². The van der Waals surface area contributed by atoms with Crippen molar-refractivity contribution < 1.29 is 10.2 Å². The summed E-state index contributed by atoms with van der Waals surface area (Å²) in [4.78, 5) is 15.5. The molecule has 0 bridgehead atoms. The number of aliphatic hydroxyl groups is 2. The molecule has 26 heavy (non-hydrogen) atoms. The minimum Gasteiger partial charge on any atom is -0.394 e. The number of imidazole rings is 1. The zero-order chi connectivity index (χ0) is 18.3. The highest BCUT2D eigenvalue weighted by molar-refractivity contribution is 5.83. The molecular weight excluding hydrogens is 330 g/mol. The lowest BCUT2D eigenvalue weighted by Gasteiger charge is -2.25. The molecule has 0 spiro atoms. The van der Waals surface area contributed by atoms with Gasteiger partial charge < -0.3 is 19.7 Å². The fourth-order valence-electron chi connectivity index (χ4n) is 3.80. The van der Waals surface area contributed by atoms with Crippen molar-refractivity contribution in [2.75, 3.05) is 18.6 Å². The van der Waals surface area contributed by atoms with E-state index in [1.807, 2.05) is 7.05 Å². The Morgan fingerprint density at radius 2 is 1.88 bits per heavy atom. The molecule has 0 amide bonds. The number of rotatable bonds is 5. The Morgan fingerprint density at radius 3 is 2.50 bits per heavy atom. The minimum atomic E-state index is -0.710. The quantitative estimate of drug-likeness (QED) is 0.720. The highest BCUT2D eigenvalue weighted by atomic mass is 16.3. The maximum atomic E-state index is 9.93. The van der Waals surface area contributed by atoms with Gasteiger partial charge in [-0.15, -0.1) is 0 Å². The molecule has 0 radical (unpaired) electrons. The van der Waals surface area contributed by atoms with Gasteiger partial charge in [0.25, 0.3) is 0 Å². The van der Waals surface area contributed by atoms with Crippen molar-refractivity contribution in [2.24, 2.45) is 0 Å². The summed E-state index contributed by atoms with van der Waals surface area (Å²) in [5.41, 5.74) is 4.08. The van der Waals surface area contributed by atoms with E-state index < -0.39 is 12.1 Å². The maximum absolute atomic E-state index is 9.93. The summed E-state index contributed by atoms with van der Waals surface area (Å²) < 4.78 is 1.72. The maximum Gasteiger partial charge on any atom is 0.165 e. The number of aliphatic hydroxyl groups excluding tert-OH is 2. The Labute approximate surface area is 152 Å². The molecule has 136 valence electrons. The summed E-state index contributed by atoms with van der Waals surface area (Å²) >= 11 is 0. The zero-order valence-electron chi connectivity index (χ0n) is 14.9. The first-order valence-electron chi connectivity index (χ1n) is 8.86. The molecule has 2 aromatic heterocycles. The second-order valence-corrected chi connectivity index (χ2v) is 6.95. The predicted octanol–water partition coefficient (Wildman–Crippen LogP) is 1.34. The van der Waals surface area contributed by atoms with E-state index in [0.717, 1.165) is 18.7 Å². The first-order valence-corrected chi connectivity index (χ1v) is 8.86. The third-order valence-corrected chi connectivity index (χ3v) is 5.35. The number of hydrogen-bond donors (Lipinski definition) is 2. The van der Waals surface area contributed by atoms with Crippen LogP contribution < -0.4 is 4.90 Å². The van der Waals surface area contributed by atoms with E-state index in [9.17, 15) is 10.2 Å². The summed E-state index contributed by atoms with van der Waals surface area (Å²) in [6.07, 6.45) is 4.38. The fourth-order valence-corrected chi connectivity index (χ4v) is 3.80.